The molecule has 108 valence electrons. The maximum atomic E-state index is 13.2. The van der Waals surface area contributed by atoms with Gasteiger partial charge in [-0.25, -0.2) is 17.5 Å². The average Bonchev–Trinajstić information content (AvgIpc) is 2.72. The number of aryl methyl sites for hydroxylation is 1. The van der Waals surface area contributed by atoms with Gasteiger partial charge in [0.1, 0.15) is 0 Å². The van der Waals surface area contributed by atoms with E-state index in [2.05, 4.69) is 31.0 Å². The number of halogens is 2. The Morgan fingerprint density at radius 2 is 2.32 bits per heavy atom. The number of sulfonamides is 1. The fraction of sp³-hybridized carbons (Fsp3) is 0.800. The van der Waals surface area contributed by atoms with Gasteiger partial charge in [0.2, 0.25) is 5.03 Å². The van der Waals surface area contributed by atoms with Crippen LogP contribution in [0.25, 0.3) is 0 Å². The summed E-state index contributed by atoms with van der Waals surface area (Å²) in [6, 6.07) is 0. The van der Waals surface area contributed by atoms with Crippen molar-refractivity contribution in [3.05, 3.63) is 6.20 Å². The van der Waals surface area contributed by atoms with E-state index in [1.165, 1.54) is 10.9 Å². The zero-order chi connectivity index (χ0) is 14.1. The van der Waals surface area contributed by atoms with Crippen LogP contribution in [0.4, 0.5) is 4.39 Å². The highest BCUT2D eigenvalue weighted by molar-refractivity contribution is 9.10. The van der Waals surface area contributed by atoms with Crippen LogP contribution in [0.2, 0.25) is 0 Å². The first kappa shape index (κ1) is 14.9. The Kier molecular flexibility index (Phi) is 4.26. The Bertz CT molecular complexity index is 545. The first-order chi connectivity index (χ1) is 8.81. The second kappa shape index (κ2) is 5.45. The highest BCUT2D eigenvalue weighted by atomic mass is 79.9. The molecule has 2 atom stereocenters. The van der Waals surface area contributed by atoms with E-state index < -0.39 is 14.6 Å². The number of unbranched alkanes of at least 4 members (excludes halogenated alkanes) is 1. The molecule has 1 saturated carbocycles. The highest BCUT2D eigenvalue weighted by Gasteiger charge is 2.52. The molecule has 0 spiro atoms. The van der Waals surface area contributed by atoms with Gasteiger partial charge in [-0.1, -0.05) is 11.6 Å². The average molecular weight is 355 g/mol. The Hall–Kier alpha value is -0.540. The van der Waals surface area contributed by atoms with Crippen LogP contribution in [0.3, 0.4) is 0 Å². The molecule has 1 heterocycles. The Labute approximate surface area is 119 Å². The van der Waals surface area contributed by atoms with Crippen LogP contribution < -0.4 is 4.72 Å². The molecule has 1 aromatic rings. The lowest BCUT2D eigenvalue weighted by atomic mass is 10.2. The summed E-state index contributed by atoms with van der Waals surface area (Å²) in [5, 5.41) is 7.04. The minimum Gasteiger partial charge on any atom is -0.254 e. The molecule has 0 amide bonds. The summed E-state index contributed by atoms with van der Waals surface area (Å²) < 4.78 is 39.3. The molecule has 0 saturated heterocycles. The Balaban J connectivity index is 1.68. The molecule has 0 radical (unpaired) electrons. The van der Waals surface area contributed by atoms with Crippen molar-refractivity contribution in [2.45, 2.75) is 35.3 Å². The Morgan fingerprint density at radius 3 is 2.84 bits per heavy atom. The third kappa shape index (κ3) is 3.96. The van der Waals surface area contributed by atoms with Gasteiger partial charge < -0.3 is 0 Å². The fourth-order valence-corrected chi connectivity index (χ4v) is 3.44. The van der Waals surface area contributed by atoms with Crippen molar-refractivity contribution in [3.8, 4) is 0 Å². The lowest BCUT2D eigenvalue weighted by Crippen LogP contribution is -2.25. The largest absolute Gasteiger partial charge is 0.261 e. The van der Waals surface area contributed by atoms with Crippen molar-refractivity contribution >= 4 is 26.0 Å². The molecule has 1 fully saturated rings. The molecule has 0 aliphatic heterocycles. The van der Waals surface area contributed by atoms with Gasteiger partial charge >= 0.3 is 0 Å². The van der Waals surface area contributed by atoms with Crippen molar-refractivity contribution < 1.29 is 12.8 Å². The molecule has 19 heavy (non-hydrogen) atoms. The van der Waals surface area contributed by atoms with Gasteiger partial charge in [0, 0.05) is 19.5 Å². The van der Waals surface area contributed by atoms with E-state index in [9.17, 15) is 12.8 Å². The number of hydrogen-bond acceptors (Lipinski definition) is 4. The van der Waals surface area contributed by atoms with Gasteiger partial charge in [-0.2, -0.15) is 0 Å². The van der Waals surface area contributed by atoms with Crippen molar-refractivity contribution in [1.29, 1.82) is 0 Å². The van der Waals surface area contributed by atoms with E-state index in [0.717, 1.165) is 12.8 Å². The van der Waals surface area contributed by atoms with Gasteiger partial charge in [-0.15, -0.1) is 5.10 Å². The summed E-state index contributed by atoms with van der Waals surface area (Å²) >= 11 is 2.99. The monoisotopic (exact) mass is 354 g/mol. The minimum atomic E-state index is -3.58. The van der Waals surface area contributed by atoms with Crippen LogP contribution in [-0.4, -0.2) is 34.5 Å². The summed E-state index contributed by atoms with van der Waals surface area (Å²) in [4.78, 5) is 0. The van der Waals surface area contributed by atoms with Crippen molar-refractivity contribution in [3.63, 3.8) is 0 Å². The lowest BCUT2D eigenvalue weighted by Gasteiger charge is -2.03. The third-order valence-electron chi connectivity index (χ3n) is 3.08. The van der Waals surface area contributed by atoms with E-state index in [0.29, 0.717) is 19.4 Å². The van der Waals surface area contributed by atoms with E-state index in [4.69, 9.17) is 0 Å². The smallest absolute Gasteiger partial charge is 0.254 e. The van der Waals surface area contributed by atoms with Crippen LogP contribution in [0.5, 0.6) is 0 Å². The lowest BCUT2D eigenvalue weighted by molar-refractivity contribution is 0.401. The van der Waals surface area contributed by atoms with Crippen LogP contribution >= 0.6 is 15.9 Å². The molecular formula is C10H16BrFN4O2S. The van der Waals surface area contributed by atoms with Crippen molar-refractivity contribution in [1.82, 2.24) is 19.7 Å². The van der Waals surface area contributed by atoms with E-state index in [1.807, 2.05) is 0 Å². The second-order valence-corrected chi connectivity index (χ2v) is 7.82. The molecule has 0 bridgehead atoms. The molecule has 2 rings (SSSR count). The molecule has 1 N–H and O–H groups in total. The number of nitrogens with zero attached hydrogens (tertiary/aromatic N) is 3. The summed E-state index contributed by atoms with van der Waals surface area (Å²) in [5.41, 5.74) is 0. The van der Waals surface area contributed by atoms with E-state index in [-0.39, 0.29) is 10.9 Å². The first-order valence-electron chi connectivity index (χ1n) is 6.05. The molecule has 1 aliphatic rings. The molecule has 1 aromatic heterocycles. The van der Waals surface area contributed by atoms with Gasteiger partial charge in [0.05, 0.1) is 6.20 Å². The maximum Gasteiger partial charge on any atom is 0.261 e. The zero-order valence-electron chi connectivity index (χ0n) is 10.5. The summed E-state index contributed by atoms with van der Waals surface area (Å²) in [6.45, 7) is 0.327. The first-order valence-corrected chi connectivity index (χ1v) is 8.33. The Morgan fingerprint density at radius 1 is 1.63 bits per heavy atom. The minimum absolute atomic E-state index is 0.0732. The standard InChI is InChI=1S/C10H16BrFN4O2S/c1-16-7-9(14-15-16)19(17,18)13-5-3-2-4-8-6-10(8,11)12/h7-8,13H,2-6H2,1H3. The number of nitrogens with one attached hydrogen (secondary N) is 1. The SMILES string of the molecule is Cn1cc(S(=O)(=O)NCCCCC2CC2(F)Br)nn1. The molecule has 1 aliphatic carbocycles. The predicted octanol–water partition coefficient (Wildman–Crippen LogP) is 1.34. The zero-order valence-corrected chi connectivity index (χ0v) is 12.9. The quantitative estimate of drug-likeness (QED) is 0.592. The highest BCUT2D eigenvalue weighted by Crippen LogP contribution is 2.54. The predicted molar refractivity (Wildman–Crippen MR) is 70.9 cm³/mol. The van der Waals surface area contributed by atoms with E-state index >= 15 is 0 Å². The number of aromatic nitrogens is 3. The van der Waals surface area contributed by atoms with Crippen LogP contribution in [0, 0.1) is 5.92 Å². The number of rotatable bonds is 7. The van der Waals surface area contributed by atoms with Crippen molar-refractivity contribution in [2.75, 3.05) is 6.54 Å². The van der Waals surface area contributed by atoms with Gasteiger partial charge in [-0.05, 0) is 35.2 Å². The summed E-state index contributed by atoms with van der Waals surface area (Å²) in [5.74, 6) is 0.0732. The van der Waals surface area contributed by atoms with Crippen LogP contribution in [0.1, 0.15) is 25.7 Å². The fourth-order valence-electron chi connectivity index (χ4n) is 1.83. The van der Waals surface area contributed by atoms with Crippen LogP contribution in [0.15, 0.2) is 11.2 Å². The second-order valence-electron chi connectivity index (χ2n) is 4.79. The molecule has 2 unspecified atom stereocenters. The molecular weight excluding hydrogens is 339 g/mol. The van der Waals surface area contributed by atoms with E-state index in [1.54, 1.807) is 7.05 Å². The number of hydrogen-bond donors (Lipinski definition) is 1. The van der Waals surface area contributed by atoms with Gasteiger partial charge in [-0.3, -0.25) is 4.68 Å². The topological polar surface area (TPSA) is 76.9 Å². The molecule has 0 aromatic carbocycles. The van der Waals surface area contributed by atoms with Crippen LogP contribution in [-0.2, 0) is 17.1 Å². The molecule has 9 heteroatoms. The number of alkyl halides is 2. The molecule has 6 nitrogen and oxygen atoms in total. The summed E-state index contributed by atoms with van der Waals surface area (Å²) in [7, 11) is -1.97. The maximum absolute atomic E-state index is 13.2. The van der Waals surface area contributed by atoms with Gasteiger partial charge in [0.15, 0.2) is 4.58 Å². The third-order valence-corrected chi connectivity index (χ3v) is 5.38. The van der Waals surface area contributed by atoms with Crippen molar-refractivity contribution in [2.24, 2.45) is 13.0 Å². The van der Waals surface area contributed by atoms with Gasteiger partial charge in [0.25, 0.3) is 10.0 Å². The normalized spacial score (nSPS) is 26.6. The summed E-state index contributed by atoms with van der Waals surface area (Å²) in [6.07, 6.45) is 4.14.